The molecule has 0 saturated heterocycles. The van der Waals surface area contributed by atoms with Crippen LogP contribution in [-0.4, -0.2) is 31.0 Å². The van der Waals surface area contributed by atoms with E-state index >= 15 is 0 Å². The van der Waals surface area contributed by atoms with Crippen molar-refractivity contribution in [2.75, 3.05) is 0 Å². The van der Waals surface area contributed by atoms with Crippen LogP contribution in [-0.2, 0) is 12.3 Å². The molecule has 0 atom stereocenters. The number of pyridine rings is 1. The zero-order chi connectivity index (χ0) is 25.3. The van der Waals surface area contributed by atoms with Crippen molar-refractivity contribution in [2.45, 2.75) is 38.1 Å². The first-order valence-electron chi connectivity index (χ1n) is 10.4. The Morgan fingerprint density at radius 1 is 1.20 bits per heavy atom. The van der Waals surface area contributed by atoms with Gasteiger partial charge in [-0.15, -0.1) is 23.1 Å². The van der Waals surface area contributed by atoms with Crippen molar-refractivity contribution in [3.8, 4) is 11.3 Å². The molecule has 35 heavy (non-hydrogen) atoms. The summed E-state index contributed by atoms with van der Waals surface area (Å²) in [6.45, 7) is 5.12. The zero-order valence-electron chi connectivity index (χ0n) is 18.9. The molecule has 0 spiro atoms. The van der Waals surface area contributed by atoms with Gasteiger partial charge in [0.25, 0.3) is 11.5 Å². The number of Topliss-reactive ketones (excluding diaryl/α,β-unsaturated/α-hetero) is 1. The first-order chi connectivity index (χ1) is 16.5. The normalized spacial score (nSPS) is 11.7. The first kappa shape index (κ1) is 25.4. The Balaban J connectivity index is 1.72. The Kier molecular flexibility index (Phi) is 7.37. The van der Waals surface area contributed by atoms with Gasteiger partial charge in [-0.1, -0.05) is 44.0 Å². The Labute approximate surface area is 218 Å². The van der Waals surface area contributed by atoms with E-state index in [-0.39, 0.29) is 34.4 Å². The van der Waals surface area contributed by atoms with Gasteiger partial charge in [-0.25, -0.2) is 4.98 Å². The summed E-state index contributed by atoms with van der Waals surface area (Å²) >= 11 is 15.2. The molecule has 4 rings (SSSR count). The molecule has 0 aliphatic rings. The fraction of sp³-hybridized carbons (Fsp3) is 0.261. The summed E-state index contributed by atoms with van der Waals surface area (Å²) < 4.78 is 8.04. The molecule has 0 N–H and O–H groups in total. The minimum absolute atomic E-state index is 0.103. The van der Waals surface area contributed by atoms with Crippen LogP contribution in [0.2, 0.25) is 9.36 Å². The largest absolute Gasteiger partial charge is 0.451 e. The van der Waals surface area contributed by atoms with Gasteiger partial charge in [-0.3, -0.25) is 14.4 Å². The molecule has 8 nitrogen and oxygen atoms in total. The van der Waals surface area contributed by atoms with Gasteiger partial charge in [0.2, 0.25) is 5.78 Å². The van der Waals surface area contributed by atoms with E-state index < -0.39 is 16.8 Å². The molecule has 0 radical (unpaired) electrons. The minimum atomic E-state index is -0.705. The second-order valence-corrected chi connectivity index (χ2v) is 11.9. The van der Waals surface area contributed by atoms with Crippen LogP contribution >= 0.6 is 46.3 Å². The standard InChI is InChI=1S/C23H20Cl2N4O4S2/c1-23(2,3)22(32)29-20(34-11-14-4-5-19(25)35-14)7-16(27-29)15-6-13(24)8-28(21(15)31)9-18(30)17-10-33-12-26-17/h4-8,10,12H,9,11H2,1-3H3. The molecule has 4 aromatic heterocycles. The summed E-state index contributed by atoms with van der Waals surface area (Å²) in [5.41, 5.74) is -0.619. The predicted octanol–water partition coefficient (Wildman–Crippen LogP) is 5.93. The summed E-state index contributed by atoms with van der Waals surface area (Å²) in [7, 11) is 0. The summed E-state index contributed by atoms with van der Waals surface area (Å²) in [5, 5.41) is 5.30. The summed E-state index contributed by atoms with van der Waals surface area (Å²) in [4.78, 5) is 43.7. The molecule has 0 aromatic carbocycles. The smallest absolute Gasteiger partial charge is 0.260 e. The van der Waals surface area contributed by atoms with E-state index in [4.69, 9.17) is 27.6 Å². The van der Waals surface area contributed by atoms with Gasteiger partial charge in [0, 0.05) is 22.2 Å². The molecule has 12 heteroatoms. The van der Waals surface area contributed by atoms with E-state index in [0.29, 0.717) is 15.1 Å². The average Bonchev–Trinajstić information content (AvgIpc) is 3.54. The number of hydrogen-bond acceptors (Lipinski definition) is 8. The average molecular weight is 551 g/mol. The Morgan fingerprint density at radius 2 is 1.97 bits per heavy atom. The molecular formula is C23H20Cl2N4O4S2. The van der Waals surface area contributed by atoms with E-state index in [1.807, 2.05) is 12.1 Å². The summed E-state index contributed by atoms with van der Waals surface area (Å²) in [6.07, 6.45) is 3.73. The van der Waals surface area contributed by atoms with Crippen LogP contribution in [0.15, 0.2) is 57.4 Å². The molecule has 0 bridgehead atoms. The molecule has 0 unspecified atom stereocenters. The highest BCUT2D eigenvalue weighted by atomic mass is 35.5. The van der Waals surface area contributed by atoms with Crippen molar-refractivity contribution in [3.05, 3.63) is 73.4 Å². The third-order valence-corrected chi connectivity index (χ3v) is 7.52. The van der Waals surface area contributed by atoms with Crippen molar-refractivity contribution >= 4 is 58.0 Å². The van der Waals surface area contributed by atoms with Crippen LogP contribution in [0, 0.1) is 5.41 Å². The molecule has 182 valence electrons. The highest BCUT2D eigenvalue weighted by molar-refractivity contribution is 7.98. The van der Waals surface area contributed by atoms with Crippen LogP contribution < -0.4 is 5.56 Å². The van der Waals surface area contributed by atoms with Gasteiger partial charge >= 0.3 is 0 Å². The SMILES string of the molecule is CC(C)(C)C(=O)n1nc(-c2cc(Cl)cn(CC(=O)c3cocn3)c2=O)cc1SCc1ccc(Cl)s1. The number of aromatic nitrogens is 4. The number of hydrogen-bond donors (Lipinski definition) is 0. The number of carbonyl (C=O) groups is 2. The fourth-order valence-corrected chi connectivity index (χ4v) is 5.47. The lowest BCUT2D eigenvalue weighted by molar-refractivity contribution is 0.0736. The lowest BCUT2D eigenvalue weighted by atomic mass is 9.96. The maximum atomic E-state index is 13.3. The van der Waals surface area contributed by atoms with Gasteiger partial charge in [0.15, 0.2) is 6.39 Å². The van der Waals surface area contributed by atoms with E-state index in [0.717, 1.165) is 11.3 Å². The number of thiophene rings is 1. The number of ketones is 1. The monoisotopic (exact) mass is 550 g/mol. The van der Waals surface area contributed by atoms with Crippen LogP contribution in [0.1, 0.15) is 40.9 Å². The quantitative estimate of drug-likeness (QED) is 0.207. The molecule has 0 aliphatic heterocycles. The number of rotatable bonds is 7. The van der Waals surface area contributed by atoms with Crippen LogP contribution in [0.3, 0.4) is 0 Å². The zero-order valence-corrected chi connectivity index (χ0v) is 22.1. The number of oxazole rings is 1. The molecule has 0 saturated carbocycles. The van der Waals surface area contributed by atoms with E-state index in [9.17, 15) is 14.4 Å². The topological polar surface area (TPSA) is 100.0 Å². The highest BCUT2D eigenvalue weighted by Crippen LogP contribution is 2.32. The second kappa shape index (κ2) is 10.1. The van der Waals surface area contributed by atoms with Crippen molar-refractivity contribution in [2.24, 2.45) is 5.41 Å². The molecule has 0 aliphatic carbocycles. The molecule has 0 fully saturated rings. The lowest BCUT2D eigenvalue weighted by Crippen LogP contribution is -2.28. The van der Waals surface area contributed by atoms with Crippen molar-refractivity contribution in [1.29, 1.82) is 0 Å². The van der Waals surface area contributed by atoms with Gasteiger partial charge in [-0.2, -0.15) is 9.78 Å². The third kappa shape index (κ3) is 5.78. The minimum Gasteiger partial charge on any atom is -0.451 e. The summed E-state index contributed by atoms with van der Waals surface area (Å²) in [5.74, 6) is -0.0567. The number of nitrogens with zero attached hydrogens (tertiary/aromatic N) is 4. The van der Waals surface area contributed by atoms with E-state index in [2.05, 4.69) is 10.1 Å². The predicted molar refractivity (Wildman–Crippen MR) is 137 cm³/mol. The molecule has 0 amide bonds. The van der Waals surface area contributed by atoms with Gasteiger partial charge < -0.3 is 8.98 Å². The molecule has 4 heterocycles. The van der Waals surface area contributed by atoms with Crippen LogP contribution in [0.5, 0.6) is 0 Å². The lowest BCUT2D eigenvalue weighted by Gasteiger charge is -2.17. The van der Waals surface area contributed by atoms with Crippen molar-refractivity contribution in [3.63, 3.8) is 0 Å². The fourth-order valence-electron chi connectivity index (χ4n) is 3.12. The van der Waals surface area contributed by atoms with Crippen LogP contribution in [0.25, 0.3) is 11.3 Å². The first-order valence-corrected chi connectivity index (χ1v) is 12.9. The Hall–Kier alpha value is -2.66. The number of carbonyl (C=O) groups excluding carboxylic acids is 2. The van der Waals surface area contributed by atoms with Crippen LogP contribution in [0.4, 0.5) is 0 Å². The Morgan fingerprint density at radius 3 is 2.60 bits per heavy atom. The Bertz CT molecular complexity index is 1450. The molecular weight excluding hydrogens is 531 g/mol. The molecule has 4 aromatic rings. The number of halogens is 2. The third-order valence-electron chi connectivity index (χ3n) is 4.86. The van der Waals surface area contributed by atoms with Gasteiger partial charge in [0.05, 0.1) is 27.2 Å². The summed E-state index contributed by atoms with van der Waals surface area (Å²) in [6, 6.07) is 6.90. The highest BCUT2D eigenvalue weighted by Gasteiger charge is 2.28. The maximum absolute atomic E-state index is 13.3. The van der Waals surface area contributed by atoms with Gasteiger partial charge in [-0.05, 0) is 24.3 Å². The second-order valence-electron chi connectivity index (χ2n) is 8.63. The maximum Gasteiger partial charge on any atom is 0.260 e. The number of thioether (sulfide) groups is 1. The van der Waals surface area contributed by atoms with Crippen molar-refractivity contribution in [1.82, 2.24) is 19.3 Å². The van der Waals surface area contributed by atoms with Crippen molar-refractivity contribution < 1.29 is 14.0 Å². The van der Waals surface area contributed by atoms with E-state index in [1.54, 1.807) is 26.8 Å². The van der Waals surface area contributed by atoms with Gasteiger partial charge in [0.1, 0.15) is 17.0 Å². The van der Waals surface area contributed by atoms with E-state index in [1.165, 1.54) is 50.9 Å².